The Balaban J connectivity index is 2.12. The molecule has 1 unspecified atom stereocenters. The Hall–Kier alpha value is -2.18. The van der Waals surface area contributed by atoms with Gasteiger partial charge in [0, 0.05) is 12.1 Å². The van der Waals surface area contributed by atoms with Crippen molar-refractivity contribution in [3.63, 3.8) is 0 Å². The quantitative estimate of drug-likeness (QED) is 0.767. The first-order valence-corrected chi connectivity index (χ1v) is 6.56. The van der Waals surface area contributed by atoms with Gasteiger partial charge in [-0.3, -0.25) is 4.79 Å². The number of nitrogen functional groups attached to an aromatic ring is 1. The van der Waals surface area contributed by atoms with Crippen molar-refractivity contribution in [1.29, 1.82) is 0 Å². The lowest BCUT2D eigenvalue weighted by Crippen LogP contribution is -2.38. The zero-order chi connectivity index (χ0) is 14.7. The minimum absolute atomic E-state index is 0.0577. The van der Waals surface area contributed by atoms with Gasteiger partial charge in [0.05, 0.1) is 6.61 Å². The maximum Gasteiger partial charge on any atom is 0.328 e. The molecule has 7 heteroatoms. The molecule has 0 spiro atoms. The molecule has 0 bridgehead atoms. The van der Waals surface area contributed by atoms with Crippen LogP contribution in [0.25, 0.3) is 0 Å². The fourth-order valence-electron chi connectivity index (χ4n) is 2.02. The van der Waals surface area contributed by atoms with Crippen LogP contribution in [-0.4, -0.2) is 34.5 Å². The van der Waals surface area contributed by atoms with E-state index in [4.69, 9.17) is 10.5 Å². The van der Waals surface area contributed by atoms with E-state index in [1.54, 1.807) is 6.07 Å². The van der Waals surface area contributed by atoms with E-state index in [1.165, 1.54) is 0 Å². The van der Waals surface area contributed by atoms with Gasteiger partial charge in [-0.15, -0.1) is 0 Å². The summed E-state index contributed by atoms with van der Waals surface area (Å²) in [6.45, 7) is 4.42. The van der Waals surface area contributed by atoms with Gasteiger partial charge < -0.3 is 15.8 Å². The van der Waals surface area contributed by atoms with Gasteiger partial charge in [-0.2, -0.15) is 0 Å². The molecule has 0 aliphatic carbocycles. The number of nitrogens with two attached hydrogens (primary N) is 1. The minimum atomic E-state index is -0.604. The number of amides is 1. The number of hydrogen-bond acceptors (Lipinski definition) is 6. The summed E-state index contributed by atoms with van der Waals surface area (Å²) in [4.78, 5) is 31.4. The van der Waals surface area contributed by atoms with Crippen LogP contribution in [0.3, 0.4) is 0 Å². The summed E-state index contributed by atoms with van der Waals surface area (Å²) in [5.74, 6) is -0.400. The zero-order valence-electron chi connectivity index (χ0n) is 11.5. The Morgan fingerprint density at radius 1 is 1.55 bits per heavy atom. The highest BCUT2D eigenvalue weighted by Crippen LogP contribution is 2.11. The predicted octanol–water partition coefficient (Wildman–Crippen LogP) is 0.303. The molecule has 0 saturated carbocycles. The summed E-state index contributed by atoms with van der Waals surface area (Å²) < 4.78 is 4.79. The molecule has 1 fully saturated rings. The second-order valence-corrected chi connectivity index (χ2v) is 5.18. The van der Waals surface area contributed by atoms with Crippen molar-refractivity contribution in [1.82, 2.24) is 15.3 Å². The first-order valence-electron chi connectivity index (χ1n) is 6.56. The summed E-state index contributed by atoms with van der Waals surface area (Å²) in [6, 6.07) is 0.999. The van der Waals surface area contributed by atoms with Crippen molar-refractivity contribution < 1.29 is 14.3 Å². The van der Waals surface area contributed by atoms with Gasteiger partial charge in [0.1, 0.15) is 11.7 Å². The Bertz CT molecular complexity index is 530. The lowest BCUT2D eigenvalue weighted by molar-refractivity contribution is -0.139. The third kappa shape index (κ3) is 3.43. The molecule has 2 rings (SSSR count). The van der Waals surface area contributed by atoms with E-state index >= 15 is 0 Å². The van der Waals surface area contributed by atoms with Crippen molar-refractivity contribution in [3.05, 3.63) is 17.5 Å². The van der Waals surface area contributed by atoms with Crippen LogP contribution in [0.15, 0.2) is 6.07 Å². The monoisotopic (exact) mass is 278 g/mol. The molecule has 108 valence electrons. The first-order chi connectivity index (χ1) is 9.45. The SMILES string of the molecule is CC(C)Cc1cc(C(=O)NC2CCOC2=O)nc(N)n1. The maximum atomic E-state index is 12.1. The standard InChI is InChI=1S/C13H18N4O3/c1-7(2)5-8-6-10(17-13(14)15-8)11(18)16-9-3-4-20-12(9)19/h6-7,9H,3-5H2,1-2H3,(H,16,18)(H2,14,15,17). The predicted molar refractivity (Wildman–Crippen MR) is 71.8 cm³/mol. The minimum Gasteiger partial charge on any atom is -0.464 e. The van der Waals surface area contributed by atoms with E-state index in [1.807, 2.05) is 13.8 Å². The molecule has 1 aliphatic rings. The smallest absolute Gasteiger partial charge is 0.328 e. The average molecular weight is 278 g/mol. The Labute approximate surface area is 116 Å². The fourth-order valence-corrected chi connectivity index (χ4v) is 2.02. The molecule has 1 atom stereocenters. The number of anilines is 1. The van der Waals surface area contributed by atoms with Crippen LogP contribution in [0.1, 0.15) is 36.5 Å². The van der Waals surface area contributed by atoms with E-state index in [9.17, 15) is 9.59 Å². The van der Waals surface area contributed by atoms with Crippen molar-refractivity contribution in [2.45, 2.75) is 32.7 Å². The number of aromatic nitrogens is 2. The molecule has 0 aromatic carbocycles. The van der Waals surface area contributed by atoms with Gasteiger partial charge >= 0.3 is 5.97 Å². The van der Waals surface area contributed by atoms with Gasteiger partial charge in [0.15, 0.2) is 0 Å². The number of hydrogen-bond donors (Lipinski definition) is 2. The van der Waals surface area contributed by atoms with Crippen molar-refractivity contribution in [2.24, 2.45) is 5.92 Å². The van der Waals surface area contributed by atoms with Gasteiger partial charge in [0.2, 0.25) is 5.95 Å². The second-order valence-electron chi connectivity index (χ2n) is 5.18. The maximum absolute atomic E-state index is 12.1. The van der Waals surface area contributed by atoms with E-state index in [0.29, 0.717) is 31.1 Å². The molecule has 2 heterocycles. The Morgan fingerprint density at radius 2 is 2.30 bits per heavy atom. The van der Waals surface area contributed by atoms with E-state index in [2.05, 4.69) is 15.3 Å². The van der Waals surface area contributed by atoms with Crippen LogP contribution >= 0.6 is 0 Å². The number of nitrogens with zero attached hydrogens (tertiary/aromatic N) is 2. The van der Waals surface area contributed by atoms with Crippen LogP contribution in [0.2, 0.25) is 0 Å². The lowest BCUT2D eigenvalue weighted by atomic mass is 10.1. The van der Waals surface area contributed by atoms with Gasteiger partial charge in [0.25, 0.3) is 5.91 Å². The number of cyclic esters (lactones) is 1. The topological polar surface area (TPSA) is 107 Å². The Kier molecular flexibility index (Phi) is 4.16. The normalized spacial score (nSPS) is 18.1. The second kappa shape index (κ2) is 5.85. The van der Waals surface area contributed by atoms with Crippen LogP contribution in [0.5, 0.6) is 0 Å². The number of nitrogens with one attached hydrogen (secondary N) is 1. The van der Waals surface area contributed by atoms with Gasteiger partial charge in [-0.05, 0) is 18.4 Å². The van der Waals surface area contributed by atoms with E-state index in [0.717, 1.165) is 0 Å². The fraction of sp³-hybridized carbons (Fsp3) is 0.538. The summed E-state index contributed by atoms with van der Waals surface area (Å²) >= 11 is 0. The zero-order valence-corrected chi connectivity index (χ0v) is 11.5. The molecule has 20 heavy (non-hydrogen) atoms. The number of rotatable bonds is 4. The highest BCUT2D eigenvalue weighted by atomic mass is 16.5. The first kappa shape index (κ1) is 14.2. The lowest BCUT2D eigenvalue weighted by Gasteiger charge is -2.10. The molecule has 1 amide bonds. The molecule has 0 radical (unpaired) electrons. The highest BCUT2D eigenvalue weighted by Gasteiger charge is 2.28. The number of esters is 1. The third-order valence-electron chi connectivity index (χ3n) is 2.89. The molecule has 1 aliphatic heterocycles. The molecular formula is C13H18N4O3. The molecule has 1 aromatic rings. The van der Waals surface area contributed by atoms with Crippen LogP contribution < -0.4 is 11.1 Å². The van der Waals surface area contributed by atoms with Gasteiger partial charge in [-0.25, -0.2) is 14.8 Å². The number of carbonyl (C=O) groups is 2. The Morgan fingerprint density at radius 3 is 2.90 bits per heavy atom. The van der Waals surface area contributed by atoms with Crippen molar-refractivity contribution in [3.8, 4) is 0 Å². The average Bonchev–Trinajstić information content (AvgIpc) is 2.73. The molecule has 1 aromatic heterocycles. The summed E-state index contributed by atoms with van der Waals surface area (Å²) in [5, 5.41) is 2.59. The number of ether oxygens (including phenoxy) is 1. The molecule has 3 N–H and O–H groups in total. The van der Waals surface area contributed by atoms with Crippen LogP contribution in [0.4, 0.5) is 5.95 Å². The van der Waals surface area contributed by atoms with Crippen LogP contribution in [-0.2, 0) is 16.0 Å². The largest absolute Gasteiger partial charge is 0.464 e. The highest BCUT2D eigenvalue weighted by molar-refractivity contribution is 5.95. The van der Waals surface area contributed by atoms with Crippen molar-refractivity contribution in [2.75, 3.05) is 12.3 Å². The van der Waals surface area contributed by atoms with E-state index < -0.39 is 17.9 Å². The summed E-state index contributed by atoms with van der Waals surface area (Å²) in [7, 11) is 0. The summed E-state index contributed by atoms with van der Waals surface area (Å²) in [5.41, 5.74) is 6.50. The third-order valence-corrected chi connectivity index (χ3v) is 2.89. The summed E-state index contributed by atoms with van der Waals surface area (Å²) in [6.07, 6.45) is 1.18. The van der Waals surface area contributed by atoms with E-state index in [-0.39, 0.29) is 11.6 Å². The molecule has 7 nitrogen and oxygen atoms in total. The van der Waals surface area contributed by atoms with Crippen LogP contribution in [0, 0.1) is 5.92 Å². The van der Waals surface area contributed by atoms with Gasteiger partial charge in [-0.1, -0.05) is 13.8 Å². The van der Waals surface area contributed by atoms with Crippen molar-refractivity contribution >= 4 is 17.8 Å². The molecular weight excluding hydrogens is 260 g/mol. The number of carbonyl (C=O) groups excluding carboxylic acids is 2. The molecule has 1 saturated heterocycles.